The number of carboxylic acids is 1. The topological polar surface area (TPSA) is 66.4 Å². The van der Waals surface area contributed by atoms with E-state index < -0.39 is 17.3 Å². The summed E-state index contributed by atoms with van der Waals surface area (Å²) in [4.78, 5) is 23.5. The molecule has 0 heterocycles. The average molecular weight is 281 g/mol. The monoisotopic (exact) mass is 281 g/mol. The lowest BCUT2D eigenvalue weighted by molar-refractivity contribution is -0.147. The lowest BCUT2D eigenvalue weighted by Gasteiger charge is -2.13. The molecule has 2 aromatic rings. The minimum atomic E-state index is -1.21. The summed E-state index contributed by atoms with van der Waals surface area (Å²) in [5.41, 5.74) is 2.12. The average Bonchev–Trinajstić information content (AvgIpc) is 3.20. The summed E-state index contributed by atoms with van der Waals surface area (Å²) < 4.78 is 0. The molecule has 0 radical (unpaired) electrons. The largest absolute Gasteiger partial charge is 0.480 e. The van der Waals surface area contributed by atoms with Crippen LogP contribution in [0.25, 0.3) is 10.8 Å². The number of carbonyl (C=O) groups excluding carboxylic acids is 1. The lowest BCUT2D eigenvalue weighted by atomic mass is 10.0. The molecule has 1 fully saturated rings. The van der Waals surface area contributed by atoms with Gasteiger partial charge in [0, 0.05) is 11.1 Å². The van der Waals surface area contributed by atoms with E-state index in [-0.39, 0.29) is 0 Å². The number of hydrogen-bond acceptors (Lipinski definition) is 2. The highest BCUT2D eigenvalue weighted by Crippen LogP contribution is 2.47. The van der Waals surface area contributed by atoms with Crippen molar-refractivity contribution in [1.29, 1.82) is 0 Å². The van der Waals surface area contributed by atoms with E-state index >= 15 is 0 Å². The Morgan fingerprint density at radius 2 is 1.76 bits per heavy atom. The molecule has 0 aliphatic heterocycles. The van der Waals surface area contributed by atoms with E-state index in [0.29, 0.717) is 12.8 Å². The molecular formula is C17H15NO3. The van der Waals surface area contributed by atoms with Gasteiger partial charge < -0.3 is 10.4 Å². The molecule has 0 unspecified atom stereocenters. The molecule has 0 saturated heterocycles. The molecule has 4 rings (SSSR count). The number of carboxylic acid groups (broad SMARTS) is 1. The van der Waals surface area contributed by atoms with E-state index in [1.165, 1.54) is 16.5 Å². The summed E-state index contributed by atoms with van der Waals surface area (Å²) in [6.45, 7) is 0. The van der Waals surface area contributed by atoms with Gasteiger partial charge in [-0.15, -0.1) is 0 Å². The van der Waals surface area contributed by atoms with Crippen molar-refractivity contribution in [2.45, 2.75) is 25.7 Å². The number of hydrogen-bond donors (Lipinski definition) is 2. The fourth-order valence-corrected chi connectivity index (χ4v) is 3.26. The van der Waals surface area contributed by atoms with Crippen LogP contribution in [0, 0.1) is 5.41 Å². The number of rotatable bonds is 3. The Morgan fingerprint density at radius 3 is 2.43 bits per heavy atom. The third-order valence-corrected chi connectivity index (χ3v) is 4.72. The highest BCUT2D eigenvalue weighted by atomic mass is 16.4. The third kappa shape index (κ3) is 1.68. The highest BCUT2D eigenvalue weighted by molar-refractivity contribution is 6.14. The summed E-state index contributed by atoms with van der Waals surface area (Å²) >= 11 is 0. The van der Waals surface area contributed by atoms with Crippen LogP contribution >= 0.6 is 0 Å². The predicted molar refractivity (Wildman–Crippen MR) is 79.3 cm³/mol. The number of benzene rings is 2. The molecular weight excluding hydrogens is 266 g/mol. The first-order chi connectivity index (χ1) is 10.1. The van der Waals surface area contributed by atoms with Crippen LogP contribution in [0.2, 0.25) is 0 Å². The van der Waals surface area contributed by atoms with E-state index in [1.54, 1.807) is 0 Å². The van der Waals surface area contributed by atoms with Crippen molar-refractivity contribution in [2.24, 2.45) is 5.41 Å². The maximum absolute atomic E-state index is 12.3. The Balaban J connectivity index is 1.76. The minimum Gasteiger partial charge on any atom is -0.480 e. The molecule has 21 heavy (non-hydrogen) atoms. The molecule has 0 atom stereocenters. The predicted octanol–water partition coefficient (Wildman–Crippen LogP) is 2.74. The summed E-state index contributed by atoms with van der Waals surface area (Å²) in [6, 6.07) is 10.0. The second kappa shape index (κ2) is 4.07. The smallest absolute Gasteiger partial charge is 0.319 e. The Kier molecular flexibility index (Phi) is 2.40. The Morgan fingerprint density at radius 1 is 1.05 bits per heavy atom. The fraction of sp³-hybridized carbons (Fsp3) is 0.294. The van der Waals surface area contributed by atoms with E-state index in [9.17, 15) is 14.7 Å². The van der Waals surface area contributed by atoms with Crippen molar-refractivity contribution >= 4 is 28.3 Å². The quantitative estimate of drug-likeness (QED) is 0.850. The lowest BCUT2D eigenvalue weighted by Crippen LogP contribution is -2.31. The summed E-state index contributed by atoms with van der Waals surface area (Å²) in [5, 5.41) is 14.3. The molecule has 0 spiro atoms. The first-order valence-corrected chi connectivity index (χ1v) is 7.20. The highest BCUT2D eigenvalue weighted by Gasteiger charge is 2.57. The van der Waals surface area contributed by atoms with E-state index in [1.807, 2.05) is 24.3 Å². The van der Waals surface area contributed by atoms with Crippen LogP contribution in [-0.2, 0) is 22.4 Å². The molecule has 106 valence electrons. The molecule has 2 aliphatic carbocycles. The number of aliphatic carboxylic acids is 1. The van der Waals surface area contributed by atoms with Gasteiger partial charge in [0.1, 0.15) is 5.41 Å². The van der Waals surface area contributed by atoms with Gasteiger partial charge >= 0.3 is 5.97 Å². The third-order valence-electron chi connectivity index (χ3n) is 4.72. The van der Waals surface area contributed by atoms with Crippen molar-refractivity contribution < 1.29 is 14.7 Å². The number of amides is 1. The normalized spacial score (nSPS) is 17.7. The molecule has 2 aromatic carbocycles. The summed E-state index contributed by atoms with van der Waals surface area (Å²) in [6.07, 6.45) is 2.91. The van der Waals surface area contributed by atoms with Crippen LogP contribution in [0.1, 0.15) is 24.0 Å². The molecule has 1 amide bonds. The van der Waals surface area contributed by atoms with Gasteiger partial charge in [0.15, 0.2) is 0 Å². The van der Waals surface area contributed by atoms with E-state index in [4.69, 9.17) is 0 Å². The minimum absolute atomic E-state index is 0.395. The summed E-state index contributed by atoms with van der Waals surface area (Å²) in [5.74, 6) is -1.42. The molecule has 0 aromatic heterocycles. The van der Waals surface area contributed by atoms with Crippen molar-refractivity contribution in [3.05, 3.63) is 41.5 Å². The molecule has 4 heteroatoms. The van der Waals surface area contributed by atoms with Gasteiger partial charge in [-0.25, -0.2) is 0 Å². The Bertz CT molecular complexity index is 780. The van der Waals surface area contributed by atoms with Crippen LogP contribution in [0.3, 0.4) is 0 Å². The number of carbonyl (C=O) groups is 2. The second-order valence-electron chi connectivity index (χ2n) is 5.95. The van der Waals surface area contributed by atoms with E-state index in [0.717, 1.165) is 23.9 Å². The molecule has 0 bridgehead atoms. The Hall–Kier alpha value is -2.36. The van der Waals surface area contributed by atoms with Crippen LogP contribution in [0.15, 0.2) is 30.3 Å². The zero-order valence-corrected chi connectivity index (χ0v) is 11.5. The van der Waals surface area contributed by atoms with Crippen LogP contribution in [-0.4, -0.2) is 17.0 Å². The molecule has 2 aliphatic rings. The zero-order valence-electron chi connectivity index (χ0n) is 11.5. The maximum Gasteiger partial charge on any atom is 0.319 e. The van der Waals surface area contributed by atoms with Crippen molar-refractivity contribution in [2.75, 3.05) is 5.32 Å². The van der Waals surface area contributed by atoms with Crippen molar-refractivity contribution in [3.63, 3.8) is 0 Å². The number of aryl methyl sites for hydroxylation is 2. The van der Waals surface area contributed by atoms with Crippen molar-refractivity contribution in [1.82, 2.24) is 0 Å². The number of anilines is 1. The first-order valence-electron chi connectivity index (χ1n) is 7.20. The van der Waals surface area contributed by atoms with Crippen LogP contribution in [0.5, 0.6) is 0 Å². The number of nitrogens with one attached hydrogen (secondary N) is 1. The van der Waals surface area contributed by atoms with Gasteiger partial charge in [-0.1, -0.05) is 24.3 Å². The van der Waals surface area contributed by atoms with E-state index in [2.05, 4.69) is 11.4 Å². The van der Waals surface area contributed by atoms with Gasteiger partial charge in [-0.2, -0.15) is 0 Å². The molecule has 4 nitrogen and oxygen atoms in total. The SMILES string of the molecule is O=C(O)C1(C(=O)Nc2ccc3c4c(cccc24)CC3)CC1. The zero-order chi connectivity index (χ0) is 14.6. The van der Waals surface area contributed by atoms with Gasteiger partial charge in [-0.3, -0.25) is 9.59 Å². The molecule has 2 N–H and O–H groups in total. The second-order valence-corrected chi connectivity index (χ2v) is 5.95. The maximum atomic E-state index is 12.3. The van der Waals surface area contributed by atoms with Crippen LogP contribution < -0.4 is 5.32 Å². The van der Waals surface area contributed by atoms with Gasteiger partial charge in [0.25, 0.3) is 0 Å². The Labute approximate surface area is 121 Å². The van der Waals surface area contributed by atoms with Gasteiger partial charge in [0.2, 0.25) is 5.91 Å². The first kappa shape index (κ1) is 12.4. The van der Waals surface area contributed by atoms with Gasteiger partial charge in [-0.05, 0) is 48.3 Å². The van der Waals surface area contributed by atoms with Crippen LogP contribution in [0.4, 0.5) is 5.69 Å². The molecule has 1 saturated carbocycles. The summed E-state index contributed by atoms with van der Waals surface area (Å²) in [7, 11) is 0. The standard InChI is InChI=1S/C17H15NO3/c19-15(17(8-9-17)16(20)21)18-13-7-6-11-5-4-10-2-1-3-12(13)14(10)11/h1-3,6-7H,4-5,8-9H2,(H,18,19)(H,20,21). The van der Waals surface area contributed by atoms with Gasteiger partial charge in [0.05, 0.1) is 0 Å². The van der Waals surface area contributed by atoms with Crippen molar-refractivity contribution in [3.8, 4) is 0 Å². The fourth-order valence-electron chi connectivity index (χ4n) is 3.26.